The maximum Gasteiger partial charge on any atom is 0.407 e. The lowest BCUT2D eigenvalue weighted by Crippen LogP contribution is -2.56. The van der Waals surface area contributed by atoms with Crippen LogP contribution in [0.15, 0.2) is 24.3 Å². The van der Waals surface area contributed by atoms with Gasteiger partial charge in [-0.05, 0) is 52.5 Å². The third-order valence-electron chi connectivity index (χ3n) is 5.53. The molecule has 2 rings (SSSR count). The van der Waals surface area contributed by atoms with E-state index in [0.717, 1.165) is 5.56 Å². The lowest BCUT2D eigenvalue weighted by Gasteiger charge is -2.37. The second-order valence-corrected chi connectivity index (χ2v) is 9.80. The summed E-state index contributed by atoms with van der Waals surface area (Å²) in [6, 6.07) is 6.58. The van der Waals surface area contributed by atoms with Crippen LogP contribution in [0.25, 0.3) is 0 Å². The van der Waals surface area contributed by atoms with Crippen molar-refractivity contribution in [1.29, 1.82) is 0 Å². The minimum absolute atomic E-state index is 0.000517. The number of aryl methyl sites for hydroxylation is 1. The molecule has 3 N–H and O–H groups in total. The minimum Gasteiger partial charge on any atom is -0.444 e. The Morgan fingerprint density at radius 2 is 1.72 bits per heavy atom. The molecule has 8 heteroatoms. The van der Waals surface area contributed by atoms with Crippen LogP contribution in [0.1, 0.15) is 63.7 Å². The Bertz CT molecular complexity index is 801. The minimum atomic E-state index is -0.917. The second-order valence-electron chi connectivity index (χ2n) is 9.80. The normalized spacial score (nSPS) is 21.9. The molecule has 1 aliphatic rings. The number of hydrogen-bond acceptors (Lipinski definition) is 5. The molecule has 0 aliphatic heterocycles. The highest BCUT2D eigenvalue weighted by molar-refractivity contribution is 5.79. The topological polar surface area (TPSA) is 108 Å². The lowest BCUT2D eigenvalue weighted by molar-refractivity contribution is -0.134. The molecule has 0 heterocycles. The van der Waals surface area contributed by atoms with Crippen LogP contribution in [-0.4, -0.2) is 59.7 Å². The van der Waals surface area contributed by atoms with Crippen molar-refractivity contribution in [3.63, 3.8) is 0 Å². The molecular formula is C24H37N3O5. The molecule has 1 saturated carbocycles. The van der Waals surface area contributed by atoms with Gasteiger partial charge in [0.25, 0.3) is 0 Å². The Morgan fingerprint density at radius 1 is 1.09 bits per heavy atom. The number of rotatable bonds is 6. The molecule has 0 radical (unpaired) electrons. The average molecular weight is 448 g/mol. The zero-order chi connectivity index (χ0) is 24.1. The van der Waals surface area contributed by atoms with Crippen molar-refractivity contribution >= 4 is 17.9 Å². The number of nitrogens with one attached hydrogen (secondary N) is 2. The third-order valence-corrected chi connectivity index (χ3v) is 5.53. The SMILES string of the molecule is Cc1ccc(C(O)CC(=O)N[C@H]2CC[C@H](C(=O)N(C)C)C[C@H]2NC(=O)OC(C)(C)C)cc1. The van der Waals surface area contributed by atoms with Crippen LogP contribution in [0.5, 0.6) is 0 Å². The smallest absolute Gasteiger partial charge is 0.407 e. The van der Waals surface area contributed by atoms with Gasteiger partial charge in [-0.2, -0.15) is 0 Å². The molecule has 1 aromatic carbocycles. The van der Waals surface area contributed by atoms with Crippen molar-refractivity contribution in [3.8, 4) is 0 Å². The van der Waals surface area contributed by atoms with Gasteiger partial charge in [0.2, 0.25) is 11.8 Å². The Hall–Kier alpha value is -2.61. The third kappa shape index (κ3) is 7.82. The highest BCUT2D eigenvalue weighted by Crippen LogP contribution is 2.27. The summed E-state index contributed by atoms with van der Waals surface area (Å²) in [7, 11) is 3.41. The van der Waals surface area contributed by atoms with Gasteiger partial charge in [-0.1, -0.05) is 29.8 Å². The van der Waals surface area contributed by atoms with Crippen molar-refractivity contribution in [2.45, 2.75) is 77.2 Å². The van der Waals surface area contributed by atoms with E-state index in [9.17, 15) is 19.5 Å². The van der Waals surface area contributed by atoms with Gasteiger partial charge in [-0.3, -0.25) is 9.59 Å². The van der Waals surface area contributed by atoms with Crippen molar-refractivity contribution in [2.75, 3.05) is 14.1 Å². The van der Waals surface area contributed by atoms with Gasteiger partial charge in [0.05, 0.1) is 18.6 Å². The molecule has 0 bridgehead atoms. The Labute approximate surface area is 190 Å². The zero-order valence-electron chi connectivity index (χ0n) is 20.0. The van der Waals surface area contributed by atoms with Gasteiger partial charge in [0.15, 0.2) is 0 Å². The van der Waals surface area contributed by atoms with Crippen molar-refractivity contribution in [2.24, 2.45) is 5.92 Å². The molecule has 1 fully saturated rings. The fourth-order valence-corrected chi connectivity index (χ4v) is 3.90. The van der Waals surface area contributed by atoms with Gasteiger partial charge in [-0.15, -0.1) is 0 Å². The number of aliphatic hydroxyl groups is 1. The highest BCUT2D eigenvalue weighted by Gasteiger charge is 2.37. The van der Waals surface area contributed by atoms with Gasteiger partial charge in [-0.25, -0.2) is 4.79 Å². The Morgan fingerprint density at radius 3 is 2.28 bits per heavy atom. The fraction of sp³-hybridized carbons (Fsp3) is 0.625. The summed E-state index contributed by atoms with van der Waals surface area (Å²) in [5.41, 5.74) is 1.09. The van der Waals surface area contributed by atoms with Gasteiger partial charge in [0, 0.05) is 26.1 Å². The molecule has 32 heavy (non-hydrogen) atoms. The van der Waals surface area contributed by atoms with Crippen molar-refractivity contribution in [3.05, 3.63) is 35.4 Å². The summed E-state index contributed by atoms with van der Waals surface area (Å²) in [6.07, 6.45) is -0.0362. The lowest BCUT2D eigenvalue weighted by atomic mass is 9.81. The van der Waals surface area contributed by atoms with Crippen molar-refractivity contribution < 1.29 is 24.2 Å². The first-order valence-electron chi connectivity index (χ1n) is 11.1. The van der Waals surface area contributed by atoms with E-state index in [1.165, 1.54) is 0 Å². The van der Waals surface area contributed by atoms with E-state index in [1.807, 2.05) is 19.1 Å². The van der Waals surface area contributed by atoms with Gasteiger partial charge >= 0.3 is 6.09 Å². The van der Waals surface area contributed by atoms with Crippen LogP contribution < -0.4 is 10.6 Å². The first kappa shape index (κ1) is 25.6. The number of nitrogens with zero attached hydrogens (tertiary/aromatic N) is 1. The predicted octanol–water partition coefficient (Wildman–Crippen LogP) is 2.68. The Balaban J connectivity index is 2.05. The number of hydrogen-bond donors (Lipinski definition) is 3. The molecule has 178 valence electrons. The zero-order valence-corrected chi connectivity index (χ0v) is 20.0. The molecule has 0 saturated heterocycles. The number of ether oxygens (including phenoxy) is 1. The van der Waals surface area contributed by atoms with E-state index >= 15 is 0 Å². The predicted molar refractivity (Wildman–Crippen MR) is 122 cm³/mol. The summed E-state index contributed by atoms with van der Waals surface area (Å²) in [5.74, 6) is -0.548. The molecule has 0 aromatic heterocycles. The van der Waals surface area contributed by atoms with Crippen LogP contribution in [0.4, 0.5) is 4.79 Å². The molecule has 8 nitrogen and oxygen atoms in total. The maximum absolute atomic E-state index is 12.7. The standard InChI is InChI=1S/C24H37N3O5/c1-15-7-9-16(10-8-15)20(28)14-21(29)25-18-12-11-17(22(30)27(5)6)13-19(18)26-23(31)32-24(2,3)4/h7-10,17-20,28H,11-14H2,1-6H3,(H,25,29)(H,26,31)/t17-,18-,19+,20?/m0/s1. The van der Waals surface area contributed by atoms with E-state index in [1.54, 1.807) is 51.9 Å². The van der Waals surface area contributed by atoms with E-state index < -0.39 is 23.8 Å². The summed E-state index contributed by atoms with van der Waals surface area (Å²) in [4.78, 5) is 39.1. The highest BCUT2D eigenvalue weighted by atomic mass is 16.6. The van der Waals surface area contributed by atoms with Crippen LogP contribution in [0.3, 0.4) is 0 Å². The molecule has 1 aromatic rings. The largest absolute Gasteiger partial charge is 0.444 e. The average Bonchev–Trinajstić information content (AvgIpc) is 2.67. The molecular weight excluding hydrogens is 410 g/mol. The molecule has 4 atom stereocenters. The quantitative estimate of drug-likeness (QED) is 0.621. The van der Waals surface area contributed by atoms with E-state index in [-0.39, 0.29) is 30.2 Å². The van der Waals surface area contributed by atoms with E-state index in [0.29, 0.717) is 24.8 Å². The summed E-state index contributed by atoms with van der Waals surface area (Å²) in [5, 5.41) is 16.2. The van der Waals surface area contributed by atoms with Gasteiger partial charge in [0.1, 0.15) is 5.60 Å². The number of aliphatic hydroxyl groups excluding tert-OH is 1. The second kappa shape index (κ2) is 10.8. The number of amides is 3. The number of carbonyl (C=O) groups is 3. The molecule has 3 amide bonds. The van der Waals surface area contributed by atoms with E-state index in [2.05, 4.69) is 10.6 Å². The summed E-state index contributed by atoms with van der Waals surface area (Å²) in [6.45, 7) is 7.28. The molecule has 1 aliphatic carbocycles. The van der Waals surface area contributed by atoms with Crippen LogP contribution >= 0.6 is 0 Å². The van der Waals surface area contributed by atoms with E-state index in [4.69, 9.17) is 4.74 Å². The first-order valence-corrected chi connectivity index (χ1v) is 11.1. The van der Waals surface area contributed by atoms with Crippen LogP contribution in [0.2, 0.25) is 0 Å². The number of carbonyl (C=O) groups excluding carboxylic acids is 3. The maximum atomic E-state index is 12.7. The fourth-order valence-electron chi connectivity index (χ4n) is 3.90. The summed E-state index contributed by atoms with van der Waals surface area (Å²) >= 11 is 0. The Kier molecular flexibility index (Phi) is 8.66. The molecule has 0 spiro atoms. The first-order chi connectivity index (χ1) is 14.9. The van der Waals surface area contributed by atoms with Crippen LogP contribution in [0, 0.1) is 12.8 Å². The summed E-state index contributed by atoms with van der Waals surface area (Å²) < 4.78 is 5.37. The monoisotopic (exact) mass is 447 g/mol. The number of benzene rings is 1. The van der Waals surface area contributed by atoms with Crippen LogP contribution in [-0.2, 0) is 14.3 Å². The van der Waals surface area contributed by atoms with Crippen molar-refractivity contribution in [1.82, 2.24) is 15.5 Å². The number of alkyl carbamates (subject to hydrolysis) is 1. The molecule has 1 unspecified atom stereocenters. The van der Waals surface area contributed by atoms with Gasteiger partial charge < -0.3 is 25.4 Å².